The third-order valence-corrected chi connectivity index (χ3v) is 4.68. The van der Waals surface area contributed by atoms with Crippen molar-refractivity contribution in [3.63, 3.8) is 0 Å². The number of carbonyl (C=O) groups is 1. The number of nitrogens with zero attached hydrogens (tertiary/aromatic N) is 3. The number of hydrogen-bond donors (Lipinski definition) is 2. The van der Waals surface area contributed by atoms with Crippen LogP contribution in [0.15, 0.2) is 23.4 Å². The Balaban J connectivity index is 1.76. The van der Waals surface area contributed by atoms with Gasteiger partial charge in [0.25, 0.3) is 0 Å². The summed E-state index contributed by atoms with van der Waals surface area (Å²) in [5.41, 5.74) is 3.68. The van der Waals surface area contributed by atoms with E-state index in [1.807, 2.05) is 6.07 Å². The smallest absolute Gasteiger partial charge is 0.230 e. The number of aromatic amines is 1. The number of nitrogens with one attached hydrogen (secondary N) is 2. The van der Waals surface area contributed by atoms with E-state index in [1.54, 1.807) is 7.11 Å². The van der Waals surface area contributed by atoms with Crippen LogP contribution in [-0.2, 0) is 9.53 Å². The van der Waals surface area contributed by atoms with Crippen LogP contribution >= 0.6 is 11.8 Å². The van der Waals surface area contributed by atoms with Gasteiger partial charge in [-0.1, -0.05) is 31.7 Å². The first-order chi connectivity index (χ1) is 12.1. The summed E-state index contributed by atoms with van der Waals surface area (Å²) in [7, 11) is 1.60. The number of hydrogen-bond acceptors (Lipinski definition) is 6. The van der Waals surface area contributed by atoms with Crippen LogP contribution in [0.2, 0.25) is 0 Å². The van der Waals surface area contributed by atoms with Crippen molar-refractivity contribution in [3.8, 4) is 0 Å². The summed E-state index contributed by atoms with van der Waals surface area (Å²) in [6.45, 7) is 5.31. The zero-order chi connectivity index (χ0) is 17.8. The number of H-pyrrole nitrogens is 1. The van der Waals surface area contributed by atoms with E-state index < -0.39 is 0 Å². The molecule has 7 nitrogen and oxygen atoms in total. The molecule has 2 N–H and O–H groups in total. The number of ether oxygens (including phenoxy) is 1. The number of fused-ring (bicyclic) bond motifs is 3. The quantitative estimate of drug-likeness (QED) is 0.497. The van der Waals surface area contributed by atoms with Crippen LogP contribution < -0.4 is 5.32 Å². The van der Waals surface area contributed by atoms with E-state index in [-0.39, 0.29) is 11.7 Å². The minimum Gasteiger partial charge on any atom is -0.383 e. The molecule has 3 aromatic rings. The van der Waals surface area contributed by atoms with Crippen molar-refractivity contribution in [2.75, 3.05) is 26.0 Å². The van der Waals surface area contributed by atoms with Crippen molar-refractivity contribution in [3.05, 3.63) is 23.8 Å². The van der Waals surface area contributed by atoms with Crippen molar-refractivity contribution >= 4 is 39.7 Å². The molecule has 0 saturated heterocycles. The first-order valence-electron chi connectivity index (χ1n) is 8.13. The van der Waals surface area contributed by atoms with Crippen LogP contribution in [0.25, 0.3) is 22.1 Å². The number of rotatable bonds is 7. The molecule has 0 aliphatic rings. The van der Waals surface area contributed by atoms with Crippen LogP contribution in [0.1, 0.15) is 25.3 Å². The summed E-state index contributed by atoms with van der Waals surface area (Å²) in [6, 6.07) is 6.28. The molecule has 0 unspecified atom stereocenters. The summed E-state index contributed by atoms with van der Waals surface area (Å²) >= 11 is 1.26. The molecule has 2 heterocycles. The predicted molar refractivity (Wildman–Crippen MR) is 98.9 cm³/mol. The van der Waals surface area contributed by atoms with Crippen molar-refractivity contribution in [2.24, 2.45) is 0 Å². The molecule has 0 fully saturated rings. The monoisotopic (exact) mass is 359 g/mol. The summed E-state index contributed by atoms with van der Waals surface area (Å²) in [4.78, 5) is 19.5. The lowest BCUT2D eigenvalue weighted by Gasteiger charge is -2.04. The molecule has 0 radical (unpaired) electrons. The molecule has 8 heteroatoms. The Hall–Kier alpha value is -2.19. The molecule has 1 aromatic carbocycles. The van der Waals surface area contributed by atoms with E-state index in [0.717, 1.165) is 16.4 Å². The number of carbonyl (C=O) groups excluding carboxylic acids is 1. The zero-order valence-corrected chi connectivity index (χ0v) is 15.3. The maximum absolute atomic E-state index is 11.7. The number of benzene rings is 1. The second-order valence-electron chi connectivity index (χ2n) is 6.01. The standard InChI is InChI=1S/C17H21N5O2S/c1-10(2)11-4-5-13-12(8-11)15-16(19-13)20-17(22-21-15)25-9-14(23)18-6-7-24-3/h4-5,8,10H,6-7,9H2,1-3H3,(H,18,23)(H,19,20,22). The lowest BCUT2D eigenvalue weighted by molar-refractivity contribution is -0.118. The van der Waals surface area contributed by atoms with E-state index in [2.05, 4.69) is 51.5 Å². The van der Waals surface area contributed by atoms with Gasteiger partial charge in [0.1, 0.15) is 5.52 Å². The van der Waals surface area contributed by atoms with Crippen molar-refractivity contribution < 1.29 is 9.53 Å². The predicted octanol–water partition coefficient (Wildman–Crippen LogP) is 2.48. The molecule has 0 aliphatic carbocycles. The van der Waals surface area contributed by atoms with Crippen molar-refractivity contribution in [1.29, 1.82) is 0 Å². The summed E-state index contributed by atoms with van der Waals surface area (Å²) in [5.74, 6) is 0.611. The average Bonchev–Trinajstić information content (AvgIpc) is 2.97. The molecule has 25 heavy (non-hydrogen) atoms. The lowest BCUT2D eigenvalue weighted by atomic mass is 10.0. The Labute approximate surface area is 149 Å². The third kappa shape index (κ3) is 4.08. The highest BCUT2D eigenvalue weighted by atomic mass is 32.2. The van der Waals surface area contributed by atoms with E-state index in [0.29, 0.717) is 29.9 Å². The minimum absolute atomic E-state index is 0.0797. The van der Waals surface area contributed by atoms with Gasteiger partial charge in [0, 0.05) is 24.6 Å². The number of methoxy groups -OCH3 is 1. The molecule has 132 valence electrons. The minimum atomic E-state index is -0.0797. The van der Waals surface area contributed by atoms with Gasteiger partial charge < -0.3 is 15.0 Å². The number of amides is 1. The van der Waals surface area contributed by atoms with E-state index >= 15 is 0 Å². The second kappa shape index (κ2) is 7.79. The highest BCUT2D eigenvalue weighted by Crippen LogP contribution is 2.27. The Bertz CT molecular complexity index is 893. The first kappa shape index (κ1) is 17.6. The van der Waals surface area contributed by atoms with Gasteiger partial charge in [0.05, 0.1) is 12.4 Å². The van der Waals surface area contributed by atoms with Crippen LogP contribution in [0.5, 0.6) is 0 Å². The van der Waals surface area contributed by atoms with Gasteiger partial charge in [-0.3, -0.25) is 4.79 Å². The SMILES string of the molecule is COCCNC(=O)CSc1nnc2c(n1)[nH]c1ccc(C(C)C)cc12. The molecule has 1 amide bonds. The molecule has 3 rings (SSSR count). The fraction of sp³-hybridized carbons (Fsp3) is 0.412. The van der Waals surface area contributed by atoms with Crippen molar-refractivity contribution in [1.82, 2.24) is 25.5 Å². The van der Waals surface area contributed by atoms with Crippen LogP contribution in [0, 0.1) is 0 Å². The highest BCUT2D eigenvalue weighted by molar-refractivity contribution is 7.99. The van der Waals surface area contributed by atoms with Gasteiger partial charge in [0.15, 0.2) is 5.65 Å². The average molecular weight is 359 g/mol. The van der Waals surface area contributed by atoms with Gasteiger partial charge in [-0.25, -0.2) is 4.98 Å². The van der Waals surface area contributed by atoms with Gasteiger partial charge in [-0.15, -0.1) is 10.2 Å². The van der Waals surface area contributed by atoms with Crippen molar-refractivity contribution in [2.45, 2.75) is 24.9 Å². The molecule has 0 saturated carbocycles. The van der Waals surface area contributed by atoms with Gasteiger partial charge >= 0.3 is 0 Å². The molecular formula is C17H21N5O2S. The number of thioether (sulfide) groups is 1. The Morgan fingerprint density at radius 3 is 2.96 bits per heavy atom. The Morgan fingerprint density at radius 1 is 1.36 bits per heavy atom. The topological polar surface area (TPSA) is 92.8 Å². The summed E-state index contributed by atoms with van der Waals surface area (Å²) in [6.07, 6.45) is 0. The Kier molecular flexibility index (Phi) is 5.50. The fourth-order valence-electron chi connectivity index (χ4n) is 2.47. The van der Waals surface area contributed by atoms with E-state index in [9.17, 15) is 4.79 Å². The Morgan fingerprint density at radius 2 is 2.20 bits per heavy atom. The molecule has 0 bridgehead atoms. The van der Waals surface area contributed by atoms with Crippen LogP contribution in [0.4, 0.5) is 0 Å². The largest absolute Gasteiger partial charge is 0.383 e. The lowest BCUT2D eigenvalue weighted by Crippen LogP contribution is -2.28. The van der Waals surface area contributed by atoms with Gasteiger partial charge in [0.2, 0.25) is 11.1 Å². The summed E-state index contributed by atoms with van der Waals surface area (Å²) in [5, 5.41) is 12.7. The first-order valence-corrected chi connectivity index (χ1v) is 9.11. The molecule has 0 aliphatic heterocycles. The third-order valence-electron chi connectivity index (χ3n) is 3.85. The van der Waals surface area contributed by atoms with Gasteiger partial charge in [-0.2, -0.15) is 0 Å². The molecule has 0 atom stereocenters. The fourth-order valence-corrected chi connectivity index (χ4v) is 3.08. The second-order valence-corrected chi connectivity index (χ2v) is 6.95. The van der Waals surface area contributed by atoms with Crippen LogP contribution in [-0.4, -0.2) is 52.1 Å². The molecular weight excluding hydrogens is 338 g/mol. The van der Waals surface area contributed by atoms with E-state index in [4.69, 9.17) is 4.74 Å². The normalized spacial score (nSPS) is 11.5. The number of aromatic nitrogens is 4. The van der Waals surface area contributed by atoms with Crippen LogP contribution in [0.3, 0.4) is 0 Å². The van der Waals surface area contributed by atoms with E-state index in [1.165, 1.54) is 17.3 Å². The molecule has 0 spiro atoms. The zero-order valence-electron chi connectivity index (χ0n) is 14.5. The van der Waals surface area contributed by atoms with Gasteiger partial charge in [-0.05, 0) is 23.6 Å². The summed E-state index contributed by atoms with van der Waals surface area (Å²) < 4.78 is 4.89. The maximum Gasteiger partial charge on any atom is 0.230 e. The highest BCUT2D eigenvalue weighted by Gasteiger charge is 2.12. The maximum atomic E-state index is 11.7. The molecule has 2 aromatic heterocycles.